The standard InChI is InChI=1S/C18H15ClN2O2/c1-22-16-8-7-12(19)9-15(16)17-20-18(23-21-17)14-10-13(14)11-5-3-2-4-6-11/h2-9,13-14H,10H2,1H3/t13-,14+/m0/s1. The number of benzene rings is 2. The lowest BCUT2D eigenvalue weighted by molar-refractivity contribution is 0.378. The third-order valence-corrected chi connectivity index (χ3v) is 4.41. The van der Waals surface area contributed by atoms with E-state index in [0.717, 1.165) is 12.0 Å². The van der Waals surface area contributed by atoms with E-state index in [1.807, 2.05) is 6.07 Å². The molecule has 1 aliphatic rings. The van der Waals surface area contributed by atoms with Crippen molar-refractivity contribution in [3.63, 3.8) is 0 Å². The maximum absolute atomic E-state index is 6.07. The summed E-state index contributed by atoms with van der Waals surface area (Å²) in [5, 5.41) is 4.71. The van der Waals surface area contributed by atoms with Crippen LogP contribution in [-0.2, 0) is 0 Å². The van der Waals surface area contributed by atoms with Crippen molar-refractivity contribution in [2.24, 2.45) is 0 Å². The summed E-state index contributed by atoms with van der Waals surface area (Å²) in [6.07, 6.45) is 1.04. The number of aromatic nitrogens is 2. The third kappa shape index (κ3) is 2.70. The highest BCUT2D eigenvalue weighted by atomic mass is 35.5. The Labute approximate surface area is 139 Å². The number of nitrogens with zero attached hydrogens (tertiary/aromatic N) is 2. The molecule has 1 fully saturated rings. The first kappa shape index (κ1) is 14.3. The van der Waals surface area contributed by atoms with Crippen molar-refractivity contribution in [3.8, 4) is 17.1 Å². The molecule has 1 aromatic heterocycles. The van der Waals surface area contributed by atoms with Crippen molar-refractivity contribution in [2.75, 3.05) is 7.11 Å². The summed E-state index contributed by atoms with van der Waals surface area (Å²) in [6, 6.07) is 15.8. The zero-order chi connectivity index (χ0) is 15.8. The number of halogens is 1. The second-order valence-corrected chi connectivity index (χ2v) is 6.10. The molecular weight excluding hydrogens is 312 g/mol. The second kappa shape index (κ2) is 5.70. The van der Waals surface area contributed by atoms with Gasteiger partial charge in [0.1, 0.15) is 5.75 Å². The summed E-state index contributed by atoms with van der Waals surface area (Å²) in [6.45, 7) is 0. The number of ether oxygens (including phenoxy) is 1. The van der Waals surface area contributed by atoms with E-state index in [4.69, 9.17) is 20.9 Å². The van der Waals surface area contributed by atoms with E-state index in [0.29, 0.717) is 34.3 Å². The van der Waals surface area contributed by atoms with Gasteiger partial charge >= 0.3 is 0 Å². The van der Waals surface area contributed by atoms with E-state index >= 15 is 0 Å². The Kier molecular flexibility index (Phi) is 3.54. The molecule has 0 unspecified atom stereocenters. The molecule has 4 rings (SSSR count). The molecule has 1 saturated carbocycles. The Hall–Kier alpha value is -2.33. The first-order valence-corrected chi connectivity index (χ1v) is 7.86. The molecule has 2 atom stereocenters. The van der Waals surface area contributed by atoms with Gasteiger partial charge in [-0.25, -0.2) is 0 Å². The minimum absolute atomic E-state index is 0.295. The van der Waals surface area contributed by atoms with Crippen LogP contribution in [0.3, 0.4) is 0 Å². The highest BCUT2D eigenvalue weighted by Crippen LogP contribution is 2.54. The van der Waals surface area contributed by atoms with Gasteiger partial charge in [0.2, 0.25) is 11.7 Å². The number of methoxy groups -OCH3 is 1. The molecule has 23 heavy (non-hydrogen) atoms. The Balaban J connectivity index is 1.60. The molecule has 1 aliphatic carbocycles. The zero-order valence-corrected chi connectivity index (χ0v) is 13.3. The van der Waals surface area contributed by atoms with Crippen molar-refractivity contribution < 1.29 is 9.26 Å². The molecule has 0 N–H and O–H groups in total. The van der Waals surface area contributed by atoms with Crippen LogP contribution in [0.2, 0.25) is 5.02 Å². The smallest absolute Gasteiger partial charge is 0.230 e. The molecule has 0 radical (unpaired) electrons. The molecule has 116 valence electrons. The molecule has 4 nitrogen and oxygen atoms in total. The van der Waals surface area contributed by atoms with Crippen molar-refractivity contribution in [3.05, 3.63) is 65.0 Å². The lowest BCUT2D eigenvalue weighted by atomic mass is 10.1. The van der Waals surface area contributed by atoms with Gasteiger partial charge in [-0.2, -0.15) is 4.98 Å². The van der Waals surface area contributed by atoms with Gasteiger partial charge in [0.05, 0.1) is 12.7 Å². The average Bonchev–Trinajstić information content (AvgIpc) is 3.24. The van der Waals surface area contributed by atoms with Gasteiger partial charge < -0.3 is 9.26 Å². The Morgan fingerprint density at radius 3 is 2.74 bits per heavy atom. The van der Waals surface area contributed by atoms with E-state index in [9.17, 15) is 0 Å². The summed E-state index contributed by atoms with van der Waals surface area (Å²) in [7, 11) is 1.61. The predicted octanol–water partition coefficient (Wildman–Crippen LogP) is 4.67. The molecule has 0 spiro atoms. The monoisotopic (exact) mass is 326 g/mol. The highest BCUT2D eigenvalue weighted by molar-refractivity contribution is 6.30. The average molecular weight is 327 g/mol. The Morgan fingerprint density at radius 2 is 1.96 bits per heavy atom. The maximum Gasteiger partial charge on any atom is 0.230 e. The van der Waals surface area contributed by atoms with Gasteiger partial charge in [-0.1, -0.05) is 47.1 Å². The van der Waals surface area contributed by atoms with E-state index in [2.05, 4.69) is 34.4 Å². The fraction of sp³-hybridized carbons (Fsp3) is 0.222. The molecule has 5 heteroatoms. The number of hydrogen-bond donors (Lipinski definition) is 0. The topological polar surface area (TPSA) is 48.2 Å². The van der Waals surface area contributed by atoms with E-state index in [-0.39, 0.29) is 0 Å². The van der Waals surface area contributed by atoms with E-state index < -0.39 is 0 Å². The summed E-state index contributed by atoms with van der Waals surface area (Å²) in [5.41, 5.74) is 2.06. The van der Waals surface area contributed by atoms with E-state index in [1.165, 1.54) is 5.56 Å². The summed E-state index contributed by atoms with van der Waals surface area (Å²) in [5.74, 6) is 2.63. The highest BCUT2D eigenvalue weighted by Gasteiger charge is 2.43. The molecule has 0 aliphatic heterocycles. The molecule has 2 aromatic carbocycles. The van der Waals surface area contributed by atoms with Crippen LogP contribution in [0, 0.1) is 0 Å². The van der Waals surface area contributed by atoms with Gasteiger partial charge in [-0.15, -0.1) is 0 Å². The summed E-state index contributed by atoms with van der Waals surface area (Å²) < 4.78 is 10.8. The minimum atomic E-state index is 0.295. The molecule has 0 amide bonds. The number of hydrogen-bond acceptors (Lipinski definition) is 4. The van der Waals surface area contributed by atoms with Crippen molar-refractivity contribution >= 4 is 11.6 Å². The van der Waals surface area contributed by atoms with Gasteiger partial charge in [0.25, 0.3) is 0 Å². The summed E-state index contributed by atoms with van der Waals surface area (Å²) in [4.78, 5) is 4.55. The van der Waals surface area contributed by atoms with Crippen molar-refractivity contribution in [1.29, 1.82) is 0 Å². The third-order valence-electron chi connectivity index (χ3n) is 4.18. The van der Waals surface area contributed by atoms with Crippen LogP contribution in [0.1, 0.15) is 29.7 Å². The normalized spacial score (nSPS) is 19.6. The zero-order valence-electron chi connectivity index (χ0n) is 12.6. The van der Waals surface area contributed by atoms with Crippen LogP contribution in [0.25, 0.3) is 11.4 Å². The molecule has 0 saturated heterocycles. The van der Waals surface area contributed by atoms with Crippen LogP contribution in [-0.4, -0.2) is 17.3 Å². The summed E-state index contributed by atoms with van der Waals surface area (Å²) >= 11 is 6.07. The van der Waals surface area contributed by atoms with Gasteiger partial charge in [-0.3, -0.25) is 0 Å². The van der Waals surface area contributed by atoms with Gasteiger partial charge in [0, 0.05) is 10.9 Å². The Morgan fingerprint density at radius 1 is 1.13 bits per heavy atom. The quantitative estimate of drug-likeness (QED) is 0.699. The first-order valence-electron chi connectivity index (χ1n) is 7.48. The number of rotatable bonds is 4. The van der Waals surface area contributed by atoms with E-state index in [1.54, 1.807) is 25.3 Å². The molecule has 1 heterocycles. The Bertz CT molecular complexity index is 832. The van der Waals surface area contributed by atoms with Crippen molar-refractivity contribution in [1.82, 2.24) is 10.1 Å². The van der Waals surface area contributed by atoms with Crippen LogP contribution in [0.15, 0.2) is 53.1 Å². The SMILES string of the molecule is COc1ccc(Cl)cc1-c1noc([C@@H]2C[C@H]2c2ccccc2)n1. The van der Waals surface area contributed by atoms with Crippen LogP contribution < -0.4 is 4.74 Å². The van der Waals surface area contributed by atoms with Crippen LogP contribution in [0.4, 0.5) is 0 Å². The molecule has 3 aromatic rings. The van der Waals surface area contributed by atoms with Crippen molar-refractivity contribution in [2.45, 2.75) is 18.3 Å². The van der Waals surface area contributed by atoms with Gasteiger partial charge in [0.15, 0.2) is 0 Å². The molecular formula is C18H15ClN2O2. The largest absolute Gasteiger partial charge is 0.496 e. The second-order valence-electron chi connectivity index (χ2n) is 5.66. The first-order chi connectivity index (χ1) is 11.3. The lowest BCUT2D eigenvalue weighted by Crippen LogP contribution is -1.90. The fourth-order valence-corrected chi connectivity index (χ4v) is 3.06. The molecule has 0 bridgehead atoms. The fourth-order valence-electron chi connectivity index (χ4n) is 2.89. The van der Waals surface area contributed by atoms with Crippen LogP contribution >= 0.6 is 11.6 Å². The minimum Gasteiger partial charge on any atom is -0.496 e. The maximum atomic E-state index is 6.07. The van der Waals surface area contributed by atoms with Gasteiger partial charge in [-0.05, 0) is 36.1 Å². The predicted molar refractivity (Wildman–Crippen MR) is 87.8 cm³/mol. The lowest BCUT2D eigenvalue weighted by Gasteiger charge is -2.04. The van der Waals surface area contributed by atoms with Crippen LogP contribution in [0.5, 0.6) is 5.75 Å².